The Bertz CT molecular complexity index is 220. The van der Waals surface area contributed by atoms with Gasteiger partial charge in [0.05, 0.1) is 7.11 Å². The maximum atomic E-state index is 11.1. The molecule has 0 aliphatic heterocycles. The Labute approximate surface area is 93.1 Å². The molecule has 0 rings (SSSR count). The Kier molecular flexibility index (Phi) is 7.05. The van der Waals surface area contributed by atoms with Gasteiger partial charge in [0.25, 0.3) is 0 Å². The van der Waals surface area contributed by atoms with E-state index in [1.807, 2.05) is 6.08 Å². The van der Waals surface area contributed by atoms with E-state index in [9.17, 15) is 4.79 Å². The highest BCUT2D eigenvalue weighted by Gasteiger charge is 2.09. The lowest BCUT2D eigenvalue weighted by Gasteiger charge is -2.24. The first kappa shape index (κ1) is 14.2. The van der Waals surface area contributed by atoms with Crippen LogP contribution in [0.15, 0.2) is 11.6 Å². The van der Waals surface area contributed by atoms with Crippen LogP contribution in [0.3, 0.4) is 0 Å². The summed E-state index contributed by atoms with van der Waals surface area (Å²) in [6.45, 7) is 6.95. The fourth-order valence-electron chi connectivity index (χ4n) is 1.59. The number of carbonyl (C=O) groups excluding carboxylic acids is 1. The molecular weight excluding hydrogens is 190 g/mol. The van der Waals surface area contributed by atoms with Gasteiger partial charge in [0.1, 0.15) is 0 Å². The Morgan fingerprint density at radius 2 is 1.93 bits per heavy atom. The molecule has 3 nitrogen and oxygen atoms in total. The van der Waals surface area contributed by atoms with Gasteiger partial charge >= 0.3 is 5.97 Å². The third-order valence-corrected chi connectivity index (χ3v) is 2.76. The van der Waals surface area contributed by atoms with Gasteiger partial charge in [-0.3, -0.25) is 4.90 Å². The average Bonchev–Trinajstić information content (AvgIpc) is 2.26. The fourth-order valence-corrected chi connectivity index (χ4v) is 1.59. The smallest absolute Gasteiger partial charge is 0.333 e. The van der Waals surface area contributed by atoms with Crippen LogP contribution in [0.1, 0.15) is 33.6 Å². The molecule has 0 saturated carbocycles. The molecule has 0 aromatic heterocycles. The molecule has 0 aromatic rings. The normalized spacial score (nSPS) is 12.3. The Balaban J connectivity index is 4.18. The van der Waals surface area contributed by atoms with Crippen LogP contribution in [-0.4, -0.2) is 37.6 Å². The van der Waals surface area contributed by atoms with Crippen molar-refractivity contribution in [3.63, 3.8) is 0 Å². The number of hydrogen-bond donors (Lipinski definition) is 0. The second-order valence-electron chi connectivity index (χ2n) is 3.79. The highest BCUT2D eigenvalue weighted by atomic mass is 16.5. The second-order valence-corrected chi connectivity index (χ2v) is 3.79. The average molecular weight is 213 g/mol. The van der Waals surface area contributed by atoms with Crippen molar-refractivity contribution in [3.05, 3.63) is 11.6 Å². The van der Waals surface area contributed by atoms with Crippen molar-refractivity contribution in [3.8, 4) is 0 Å². The molecular formula is C12H23NO2. The number of carbonyl (C=O) groups is 1. The summed E-state index contributed by atoms with van der Waals surface area (Å²) in [6, 6.07) is 0.590. The Hall–Kier alpha value is -0.830. The second kappa shape index (κ2) is 7.46. The zero-order valence-electron chi connectivity index (χ0n) is 10.5. The molecule has 3 heteroatoms. The highest BCUT2D eigenvalue weighted by Crippen LogP contribution is 2.06. The monoisotopic (exact) mass is 213 g/mol. The van der Waals surface area contributed by atoms with Gasteiger partial charge in [-0.05, 0) is 26.8 Å². The third kappa shape index (κ3) is 4.98. The van der Waals surface area contributed by atoms with Crippen LogP contribution in [0.2, 0.25) is 0 Å². The minimum atomic E-state index is -0.243. The summed E-state index contributed by atoms with van der Waals surface area (Å²) in [6.07, 6.45) is 4.19. The van der Waals surface area contributed by atoms with Crippen LogP contribution in [0.4, 0.5) is 0 Å². The minimum Gasteiger partial charge on any atom is -0.466 e. The topological polar surface area (TPSA) is 29.5 Å². The van der Waals surface area contributed by atoms with Crippen LogP contribution in [0, 0.1) is 0 Å². The number of likely N-dealkylation sites (N-methyl/N-ethyl adjacent to an activating group) is 1. The van der Waals surface area contributed by atoms with Crippen molar-refractivity contribution < 1.29 is 9.53 Å². The van der Waals surface area contributed by atoms with Crippen molar-refractivity contribution in [2.45, 2.75) is 39.7 Å². The van der Waals surface area contributed by atoms with Gasteiger partial charge in [0.2, 0.25) is 0 Å². The molecule has 0 saturated heterocycles. The molecule has 0 amide bonds. The number of rotatable bonds is 6. The molecule has 0 aliphatic rings. The van der Waals surface area contributed by atoms with Gasteiger partial charge in [-0.2, -0.15) is 0 Å². The van der Waals surface area contributed by atoms with E-state index in [0.29, 0.717) is 11.6 Å². The van der Waals surface area contributed by atoms with Gasteiger partial charge < -0.3 is 4.74 Å². The van der Waals surface area contributed by atoms with Gasteiger partial charge in [-0.15, -0.1) is 0 Å². The van der Waals surface area contributed by atoms with Crippen LogP contribution in [-0.2, 0) is 9.53 Å². The quantitative estimate of drug-likeness (QED) is 0.500. The van der Waals surface area contributed by atoms with E-state index in [4.69, 9.17) is 0 Å². The van der Waals surface area contributed by atoms with Crippen LogP contribution >= 0.6 is 0 Å². The number of hydrogen-bond acceptors (Lipinski definition) is 3. The number of esters is 1. The number of nitrogens with zero attached hydrogens (tertiary/aromatic N) is 1. The third-order valence-electron chi connectivity index (χ3n) is 2.76. The molecule has 0 radical (unpaired) electrons. The first-order valence-corrected chi connectivity index (χ1v) is 5.52. The molecule has 0 unspecified atom stereocenters. The largest absolute Gasteiger partial charge is 0.466 e. The van der Waals surface area contributed by atoms with E-state index in [-0.39, 0.29) is 5.97 Å². The van der Waals surface area contributed by atoms with Crippen LogP contribution < -0.4 is 0 Å². The molecule has 0 spiro atoms. The molecule has 0 aliphatic carbocycles. The first-order chi connectivity index (χ1) is 7.06. The highest BCUT2D eigenvalue weighted by molar-refractivity contribution is 5.87. The Morgan fingerprint density at radius 3 is 2.33 bits per heavy atom. The lowest BCUT2D eigenvalue weighted by Crippen LogP contribution is -2.30. The lowest BCUT2D eigenvalue weighted by molar-refractivity contribution is -0.136. The zero-order chi connectivity index (χ0) is 11.8. The maximum Gasteiger partial charge on any atom is 0.333 e. The molecule has 0 bridgehead atoms. The molecule has 0 N–H and O–H groups in total. The van der Waals surface area contributed by atoms with E-state index in [1.54, 1.807) is 6.92 Å². The van der Waals surface area contributed by atoms with E-state index >= 15 is 0 Å². The molecule has 0 fully saturated rings. The zero-order valence-corrected chi connectivity index (χ0v) is 10.5. The van der Waals surface area contributed by atoms with Crippen molar-refractivity contribution in [2.24, 2.45) is 0 Å². The first-order valence-electron chi connectivity index (χ1n) is 5.52. The minimum absolute atomic E-state index is 0.243. The standard InChI is InChI=1S/C12H23NO2/c1-6-11(7-2)13(4)9-8-10(3)12(14)15-5/h8,11H,6-7,9H2,1-5H3. The fraction of sp³-hybridized carbons (Fsp3) is 0.750. The van der Waals surface area contributed by atoms with Crippen LogP contribution in [0.25, 0.3) is 0 Å². The number of ether oxygens (including phenoxy) is 1. The summed E-state index contributed by atoms with van der Waals surface area (Å²) in [7, 11) is 3.49. The van der Waals surface area contributed by atoms with E-state index in [0.717, 1.165) is 19.4 Å². The van der Waals surface area contributed by atoms with Crippen molar-refractivity contribution in [1.82, 2.24) is 4.90 Å². The number of methoxy groups -OCH3 is 1. The molecule has 88 valence electrons. The maximum absolute atomic E-state index is 11.1. The van der Waals surface area contributed by atoms with Crippen LogP contribution in [0.5, 0.6) is 0 Å². The summed E-state index contributed by atoms with van der Waals surface area (Å²) in [5.74, 6) is -0.243. The van der Waals surface area contributed by atoms with Gasteiger partial charge in [0, 0.05) is 18.2 Å². The molecule has 0 heterocycles. The summed E-state index contributed by atoms with van der Waals surface area (Å²) in [5.41, 5.74) is 0.676. The summed E-state index contributed by atoms with van der Waals surface area (Å²) in [4.78, 5) is 13.4. The molecule has 0 atom stereocenters. The van der Waals surface area contributed by atoms with Gasteiger partial charge in [-0.1, -0.05) is 19.9 Å². The SMILES string of the molecule is CCC(CC)N(C)CC=C(C)C(=O)OC. The predicted molar refractivity (Wildman–Crippen MR) is 62.8 cm³/mol. The Morgan fingerprint density at radius 1 is 1.40 bits per heavy atom. The molecule has 15 heavy (non-hydrogen) atoms. The lowest BCUT2D eigenvalue weighted by atomic mass is 10.1. The molecule has 0 aromatic carbocycles. The summed E-state index contributed by atoms with van der Waals surface area (Å²) < 4.78 is 4.63. The predicted octanol–water partition coefficient (Wildman–Crippen LogP) is 2.23. The van der Waals surface area contributed by atoms with E-state index in [1.165, 1.54) is 7.11 Å². The van der Waals surface area contributed by atoms with E-state index < -0.39 is 0 Å². The van der Waals surface area contributed by atoms with Crippen molar-refractivity contribution in [1.29, 1.82) is 0 Å². The van der Waals surface area contributed by atoms with E-state index in [2.05, 4.69) is 30.5 Å². The van der Waals surface area contributed by atoms with Gasteiger partial charge in [0.15, 0.2) is 0 Å². The van der Waals surface area contributed by atoms with Crippen molar-refractivity contribution >= 4 is 5.97 Å². The summed E-state index contributed by atoms with van der Waals surface area (Å²) in [5, 5.41) is 0. The van der Waals surface area contributed by atoms with Crippen molar-refractivity contribution in [2.75, 3.05) is 20.7 Å². The van der Waals surface area contributed by atoms with Gasteiger partial charge in [-0.25, -0.2) is 4.79 Å². The summed E-state index contributed by atoms with van der Waals surface area (Å²) >= 11 is 0.